The van der Waals surface area contributed by atoms with Crippen LogP contribution in [0.1, 0.15) is 18.4 Å². The van der Waals surface area contributed by atoms with Crippen molar-refractivity contribution in [3.05, 3.63) is 30.2 Å². The molecule has 0 aliphatic rings. The van der Waals surface area contributed by atoms with Gasteiger partial charge in [-0.25, -0.2) is 10.3 Å². The first-order valence-corrected chi connectivity index (χ1v) is 5.69. The summed E-state index contributed by atoms with van der Waals surface area (Å²) in [6.07, 6.45) is 5.12. The number of hydrogen-bond acceptors (Lipinski definition) is 5. The Kier molecular flexibility index (Phi) is 5.98. The maximum atomic E-state index is 11.5. The highest BCUT2D eigenvalue weighted by Gasteiger charge is 2.19. The summed E-state index contributed by atoms with van der Waals surface area (Å²) in [6.45, 7) is 0. The van der Waals surface area contributed by atoms with Gasteiger partial charge in [-0.15, -0.1) is 0 Å². The molecule has 2 amide bonds. The van der Waals surface area contributed by atoms with E-state index < -0.39 is 23.8 Å². The number of carbonyl (C=O) groups excluding carboxylic acids is 2. The number of carboxylic acid groups (broad SMARTS) is 1. The molecule has 8 heteroatoms. The number of carboxylic acids is 1. The summed E-state index contributed by atoms with van der Waals surface area (Å²) in [6, 6.07) is 0.415. The van der Waals surface area contributed by atoms with E-state index in [1.54, 1.807) is 6.07 Å². The first-order valence-electron chi connectivity index (χ1n) is 5.69. The number of nitrogens with one attached hydrogen (secondary N) is 2. The predicted octanol–water partition coefficient (Wildman–Crippen LogP) is 0.148. The standard InChI is InChI=1S/C12H14N2O6/c15-10(3-1-8-5-6-20-7-8)13-9(12(17)18)2-4-11(16)14-19/h1,3,5-7,9,19H,2,4H2,(H,13,15)(H,14,16)(H,17,18)/b3-1+. The van der Waals surface area contributed by atoms with Gasteiger partial charge < -0.3 is 14.8 Å². The van der Waals surface area contributed by atoms with Gasteiger partial charge in [0.1, 0.15) is 6.04 Å². The zero-order valence-electron chi connectivity index (χ0n) is 10.4. The molecule has 1 atom stereocenters. The van der Waals surface area contributed by atoms with E-state index in [4.69, 9.17) is 14.7 Å². The van der Waals surface area contributed by atoms with Crippen molar-refractivity contribution in [3.63, 3.8) is 0 Å². The molecule has 8 nitrogen and oxygen atoms in total. The predicted molar refractivity (Wildman–Crippen MR) is 66.5 cm³/mol. The molecule has 0 bridgehead atoms. The van der Waals surface area contributed by atoms with Gasteiger partial charge >= 0.3 is 5.97 Å². The minimum absolute atomic E-state index is 0.132. The summed E-state index contributed by atoms with van der Waals surface area (Å²) < 4.78 is 4.80. The Morgan fingerprint density at radius 3 is 2.70 bits per heavy atom. The van der Waals surface area contributed by atoms with E-state index in [1.165, 1.54) is 24.1 Å². The molecule has 108 valence electrons. The van der Waals surface area contributed by atoms with E-state index in [2.05, 4.69) is 5.32 Å². The lowest BCUT2D eigenvalue weighted by Gasteiger charge is -2.12. The van der Waals surface area contributed by atoms with Gasteiger partial charge in [0.05, 0.1) is 12.5 Å². The Hall–Kier alpha value is -2.61. The number of amides is 2. The molecule has 20 heavy (non-hydrogen) atoms. The number of rotatable bonds is 7. The van der Waals surface area contributed by atoms with Gasteiger partial charge in [-0.05, 0) is 18.6 Å². The maximum Gasteiger partial charge on any atom is 0.326 e. The van der Waals surface area contributed by atoms with E-state index in [0.29, 0.717) is 5.56 Å². The van der Waals surface area contributed by atoms with E-state index in [-0.39, 0.29) is 12.8 Å². The Morgan fingerprint density at radius 1 is 1.40 bits per heavy atom. The number of hydrogen-bond donors (Lipinski definition) is 4. The van der Waals surface area contributed by atoms with Gasteiger partial charge in [0.15, 0.2) is 0 Å². The molecule has 0 saturated heterocycles. The number of aliphatic carboxylic acids is 1. The van der Waals surface area contributed by atoms with E-state index in [9.17, 15) is 14.4 Å². The molecular formula is C12H14N2O6. The summed E-state index contributed by atoms with van der Waals surface area (Å²) in [5.74, 6) is -2.59. The molecular weight excluding hydrogens is 268 g/mol. The molecule has 0 spiro atoms. The third-order valence-corrected chi connectivity index (χ3v) is 2.37. The second kappa shape index (κ2) is 7.74. The molecule has 1 rings (SSSR count). The quantitative estimate of drug-likeness (QED) is 0.320. The smallest absolute Gasteiger partial charge is 0.326 e. The minimum Gasteiger partial charge on any atom is -0.480 e. The average molecular weight is 282 g/mol. The van der Waals surface area contributed by atoms with E-state index in [0.717, 1.165) is 6.08 Å². The van der Waals surface area contributed by atoms with Crippen LogP contribution < -0.4 is 10.8 Å². The second-order valence-corrected chi connectivity index (χ2v) is 3.86. The molecule has 0 fully saturated rings. The van der Waals surface area contributed by atoms with Gasteiger partial charge in [-0.2, -0.15) is 0 Å². The van der Waals surface area contributed by atoms with Gasteiger partial charge in [0.2, 0.25) is 11.8 Å². The Labute approximate surface area is 114 Å². The number of hydroxylamine groups is 1. The van der Waals surface area contributed by atoms with Crippen LogP contribution in [0.25, 0.3) is 6.08 Å². The summed E-state index contributed by atoms with van der Waals surface area (Å²) in [5, 5.41) is 19.5. The lowest BCUT2D eigenvalue weighted by atomic mass is 10.1. The van der Waals surface area contributed by atoms with Crippen LogP contribution >= 0.6 is 0 Å². The largest absolute Gasteiger partial charge is 0.480 e. The fourth-order valence-corrected chi connectivity index (χ4v) is 1.35. The van der Waals surface area contributed by atoms with Crippen molar-refractivity contribution in [3.8, 4) is 0 Å². The average Bonchev–Trinajstić information content (AvgIpc) is 2.93. The van der Waals surface area contributed by atoms with E-state index >= 15 is 0 Å². The fourth-order valence-electron chi connectivity index (χ4n) is 1.35. The third kappa shape index (κ3) is 5.36. The maximum absolute atomic E-state index is 11.5. The van der Waals surface area contributed by atoms with Crippen LogP contribution in [0.4, 0.5) is 0 Å². The summed E-state index contributed by atoms with van der Waals surface area (Å²) in [5.41, 5.74) is 2.05. The zero-order chi connectivity index (χ0) is 15.0. The second-order valence-electron chi connectivity index (χ2n) is 3.86. The normalized spacial score (nSPS) is 12.1. The van der Waals surface area contributed by atoms with Gasteiger partial charge in [-0.3, -0.25) is 14.8 Å². The van der Waals surface area contributed by atoms with Gasteiger partial charge in [-0.1, -0.05) is 0 Å². The Morgan fingerprint density at radius 2 is 2.15 bits per heavy atom. The molecule has 4 N–H and O–H groups in total. The molecule has 0 aliphatic heterocycles. The molecule has 0 saturated carbocycles. The van der Waals surface area contributed by atoms with Crippen molar-refractivity contribution < 1.29 is 29.1 Å². The molecule has 1 heterocycles. The molecule has 0 aromatic carbocycles. The topological polar surface area (TPSA) is 129 Å². The SMILES string of the molecule is O=C(/C=C/c1ccoc1)NC(CCC(=O)NO)C(=O)O. The van der Waals surface area contributed by atoms with Crippen LogP contribution in [-0.2, 0) is 14.4 Å². The first-order chi connectivity index (χ1) is 9.52. The first kappa shape index (κ1) is 15.4. The monoisotopic (exact) mass is 282 g/mol. The van der Waals surface area contributed by atoms with Crippen molar-refractivity contribution in [2.24, 2.45) is 0 Å². The van der Waals surface area contributed by atoms with Crippen LogP contribution in [-0.4, -0.2) is 34.1 Å². The highest BCUT2D eigenvalue weighted by Crippen LogP contribution is 2.03. The highest BCUT2D eigenvalue weighted by molar-refractivity contribution is 5.94. The van der Waals surface area contributed by atoms with Crippen LogP contribution in [0.2, 0.25) is 0 Å². The summed E-state index contributed by atoms with van der Waals surface area (Å²) in [7, 11) is 0. The van der Waals surface area contributed by atoms with Crippen LogP contribution in [0.3, 0.4) is 0 Å². The fraction of sp³-hybridized carbons (Fsp3) is 0.250. The molecule has 0 aliphatic carbocycles. The Bertz CT molecular complexity index is 494. The molecule has 1 unspecified atom stereocenters. The van der Waals surface area contributed by atoms with Crippen molar-refractivity contribution in [2.75, 3.05) is 0 Å². The lowest BCUT2D eigenvalue weighted by Crippen LogP contribution is -2.40. The lowest BCUT2D eigenvalue weighted by molar-refractivity contribution is -0.141. The van der Waals surface area contributed by atoms with Crippen molar-refractivity contribution in [2.45, 2.75) is 18.9 Å². The van der Waals surface area contributed by atoms with Crippen LogP contribution in [0.5, 0.6) is 0 Å². The summed E-state index contributed by atoms with van der Waals surface area (Å²) >= 11 is 0. The van der Waals surface area contributed by atoms with Crippen molar-refractivity contribution >= 4 is 23.9 Å². The van der Waals surface area contributed by atoms with Crippen LogP contribution in [0, 0.1) is 0 Å². The molecule has 0 radical (unpaired) electrons. The highest BCUT2D eigenvalue weighted by atomic mass is 16.5. The molecule has 1 aromatic heterocycles. The minimum atomic E-state index is -1.26. The van der Waals surface area contributed by atoms with Crippen molar-refractivity contribution in [1.82, 2.24) is 10.8 Å². The molecule has 1 aromatic rings. The number of furan rings is 1. The Balaban J connectivity index is 2.50. The summed E-state index contributed by atoms with van der Waals surface area (Å²) in [4.78, 5) is 33.3. The zero-order valence-corrected chi connectivity index (χ0v) is 10.4. The van der Waals surface area contributed by atoms with Crippen molar-refractivity contribution in [1.29, 1.82) is 0 Å². The third-order valence-electron chi connectivity index (χ3n) is 2.37. The van der Waals surface area contributed by atoms with Gasteiger partial charge in [0, 0.05) is 18.1 Å². The van der Waals surface area contributed by atoms with E-state index in [1.807, 2.05) is 0 Å². The number of carbonyl (C=O) groups is 3. The van der Waals surface area contributed by atoms with Gasteiger partial charge in [0.25, 0.3) is 0 Å². The van der Waals surface area contributed by atoms with Crippen LogP contribution in [0.15, 0.2) is 29.1 Å².